The molecule has 1 aromatic rings. The van der Waals surface area contributed by atoms with E-state index < -0.39 is 11.6 Å². The average molecular weight is 288 g/mol. The van der Waals surface area contributed by atoms with Crippen LogP contribution in [-0.4, -0.2) is 34.2 Å². The maximum Gasteiger partial charge on any atom is 0.339 e. The van der Waals surface area contributed by atoms with Crippen molar-refractivity contribution in [3.05, 3.63) is 41.6 Å². The van der Waals surface area contributed by atoms with Crippen LogP contribution in [0.3, 0.4) is 0 Å². The van der Waals surface area contributed by atoms with Crippen LogP contribution in [0.1, 0.15) is 41.6 Å². The second-order valence-electron chi connectivity index (χ2n) is 5.62. The molecule has 2 aliphatic heterocycles. The number of hydrogen-bond donors (Lipinski definition) is 3. The number of carboxylic acids is 1. The number of nitrogens with zero attached hydrogens (tertiary/aromatic N) is 1. The number of hydrogen-bond acceptors (Lipinski definition) is 4. The number of carbonyl (C=O) groups is 1. The molecule has 5 nitrogen and oxygen atoms in total. The van der Waals surface area contributed by atoms with E-state index in [1.165, 1.54) is 6.07 Å². The average Bonchev–Trinajstić information content (AvgIpc) is 2.69. The summed E-state index contributed by atoms with van der Waals surface area (Å²) < 4.78 is 0. The lowest BCUT2D eigenvalue weighted by atomic mass is 9.86. The fourth-order valence-electron chi connectivity index (χ4n) is 3.44. The first kappa shape index (κ1) is 13.9. The van der Waals surface area contributed by atoms with E-state index in [4.69, 9.17) is 0 Å². The van der Waals surface area contributed by atoms with Gasteiger partial charge in [0.1, 0.15) is 17.0 Å². The highest BCUT2D eigenvalue weighted by atomic mass is 16.4. The number of aromatic carboxylic acids is 1. The first-order chi connectivity index (χ1) is 10.1. The Morgan fingerprint density at radius 2 is 2.19 bits per heavy atom. The Labute approximate surface area is 123 Å². The van der Waals surface area contributed by atoms with E-state index >= 15 is 0 Å². The third-order valence-electron chi connectivity index (χ3n) is 4.38. The minimum absolute atomic E-state index is 0.00667. The second kappa shape index (κ2) is 5.41. The molecular formula is C16H20N2O3. The summed E-state index contributed by atoms with van der Waals surface area (Å²) >= 11 is 0. The molecule has 0 aliphatic carbocycles. The van der Waals surface area contributed by atoms with Gasteiger partial charge >= 0.3 is 5.97 Å². The standard InChI is InChI=1S/C16H20N2O3/c19-13-7-4-6-12(14(13)15(20)21)16-8-2-1-3-10-18(16)11-5-9-17-16/h3-4,6-7,10,17,19H,1-2,5,8-9,11H2,(H,20,21). The lowest BCUT2D eigenvalue weighted by Crippen LogP contribution is -2.58. The summed E-state index contributed by atoms with van der Waals surface area (Å²) in [6, 6.07) is 4.96. The van der Waals surface area contributed by atoms with Gasteiger partial charge in [0.25, 0.3) is 0 Å². The largest absolute Gasteiger partial charge is 0.507 e. The van der Waals surface area contributed by atoms with Gasteiger partial charge in [0.2, 0.25) is 0 Å². The number of phenols is 1. The van der Waals surface area contributed by atoms with E-state index in [1.54, 1.807) is 6.07 Å². The molecule has 1 saturated heterocycles. The van der Waals surface area contributed by atoms with Crippen molar-refractivity contribution in [3.8, 4) is 5.75 Å². The lowest BCUT2D eigenvalue weighted by molar-refractivity contribution is 0.0550. The highest BCUT2D eigenvalue weighted by Gasteiger charge is 2.42. The predicted molar refractivity (Wildman–Crippen MR) is 79.1 cm³/mol. The van der Waals surface area contributed by atoms with Crippen LogP contribution in [0.5, 0.6) is 5.75 Å². The summed E-state index contributed by atoms with van der Waals surface area (Å²) in [7, 11) is 0. The zero-order chi connectivity index (χ0) is 14.9. The molecule has 2 aliphatic rings. The van der Waals surface area contributed by atoms with Crippen molar-refractivity contribution in [2.45, 2.75) is 31.3 Å². The topological polar surface area (TPSA) is 72.8 Å². The molecule has 3 N–H and O–H groups in total. The van der Waals surface area contributed by atoms with Crippen LogP contribution in [0.4, 0.5) is 0 Å². The van der Waals surface area contributed by atoms with Crippen LogP contribution in [0.2, 0.25) is 0 Å². The zero-order valence-corrected chi connectivity index (χ0v) is 11.9. The molecule has 0 amide bonds. The van der Waals surface area contributed by atoms with Gasteiger partial charge in [-0.1, -0.05) is 18.2 Å². The molecule has 3 rings (SSSR count). The number of carboxylic acid groups (broad SMARTS) is 1. The minimum Gasteiger partial charge on any atom is -0.507 e. The zero-order valence-electron chi connectivity index (χ0n) is 11.9. The Morgan fingerprint density at radius 1 is 1.33 bits per heavy atom. The van der Waals surface area contributed by atoms with Crippen molar-refractivity contribution in [2.75, 3.05) is 13.1 Å². The Morgan fingerprint density at radius 3 is 3.00 bits per heavy atom. The molecule has 0 bridgehead atoms. The van der Waals surface area contributed by atoms with Gasteiger partial charge in [0.15, 0.2) is 0 Å². The van der Waals surface area contributed by atoms with E-state index in [9.17, 15) is 15.0 Å². The van der Waals surface area contributed by atoms with Crippen LogP contribution in [-0.2, 0) is 5.66 Å². The maximum absolute atomic E-state index is 11.6. The fraction of sp³-hybridized carbons (Fsp3) is 0.438. The predicted octanol–water partition coefficient (Wildman–Crippen LogP) is 2.24. The third kappa shape index (κ3) is 2.27. The first-order valence-corrected chi connectivity index (χ1v) is 7.39. The van der Waals surface area contributed by atoms with Crippen LogP contribution in [0, 0.1) is 0 Å². The summed E-state index contributed by atoms with van der Waals surface area (Å²) in [5.74, 6) is -1.26. The number of aromatic hydroxyl groups is 1. The normalized spacial score (nSPS) is 25.2. The molecule has 21 heavy (non-hydrogen) atoms. The van der Waals surface area contributed by atoms with Crippen molar-refractivity contribution in [1.82, 2.24) is 10.2 Å². The molecular weight excluding hydrogens is 268 g/mol. The molecule has 2 heterocycles. The van der Waals surface area contributed by atoms with Crippen molar-refractivity contribution < 1.29 is 15.0 Å². The summed E-state index contributed by atoms with van der Waals surface area (Å²) in [6.45, 7) is 1.73. The Kier molecular flexibility index (Phi) is 3.59. The van der Waals surface area contributed by atoms with Crippen molar-refractivity contribution in [1.29, 1.82) is 0 Å². The first-order valence-electron chi connectivity index (χ1n) is 7.39. The fourth-order valence-corrected chi connectivity index (χ4v) is 3.44. The van der Waals surface area contributed by atoms with E-state index in [0.717, 1.165) is 38.8 Å². The van der Waals surface area contributed by atoms with E-state index in [1.807, 2.05) is 6.07 Å². The Balaban J connectivity index is 2.17. The van der Waals surface area contributed by atoms with Gasteiger partial charge in [-0.25, -0.2) is 4.79 Å². The van der Waals surface area contributed by atoms with Crippen LogP contribution < -0.4 is 5.32 Å². The van der Waals surface area contributed by atoms with Gasteiger partial charge in [-0.15, -0.1) is 0 Å². The van der Waals surface area contributed by atoms with Crippen molar-refractivity contribution >= 4 is 5.97 Å². The summed E-state index contributed by atoms with van der Waals surface area (Å²) in [5.41, 5.74) is 0.131. The van der Waals surface area contributed by atoms with Crippen LogP contribution in [0.25, 0.3) is 0 Å². The van der Waals surface area contributed by atoms with Crippen LogP contribution >= 0.6 is 0 Å². The van der Waals surface area contributed by atoms with E-state index in [2.05, 4.69) is 22.5 Å². The summed E-state index contributed by atoms with van der Waals surface area (Å²) in [6.07, 6.45) is 8.01. The maximum atomic E-state index is 11.6. The SMILES string of the molecule is O=C(O)c1c(O)cccc1C12CCCC=CN1CCCN2. The lowest BCUT2D eigenvalue weighted by Gasteiger charge is -2.48. The third-order valence-corrected chi connectivity index (χ3v) is 4.38. The molecule has 0 aromatic heterocycles. The minimum atomic E-state index is -1.09. The highest BCUT2D eigenvalue weighted by molar-refractivity contribution is 5.93. The molecule has 0 saturated carbocycles. The number of nitrogens with one attached hydrogen (secondary N) is 1. The number of fused-ring (bicyclic) bond motifs is 1. The van der Waals surface area contributed by atoms with Crippen molar-refractivity contribution in [2.24, 2.45) is 0 Å². The number of rotatable bonds is 2. The van der Waals surface area contributed by atoms with Gasteiger partial charge in [0, 0.05) is 12.1 Å². The smallest absolute Gasteiger partial charge is 0.339 e. The molecule has 1 aromatic carbocycles. The van der Waals surface area contributed by atoms with Gasteiger partial charge in [-0.2, -0.15) is 0 Å². The number of allylic oxidation sites excluding steroid dienone is 1. The molecule has 0 spiro atoms. The van der Waals surface area contributed by atoms with Crippen molar-refractivity contribution in [3.63, 3.8) is 0 Å². The molecule has 1 fully saturated rings. The number of benzene rings is 1. The second-order valence-corrected chi connectivity index (χ2v) is 5.62. The van der Waals surface area contributed by atoms with Gasteiger partial charge in [0.05, 0.1) is 0 Å². The van der Waals surface area contributed by atoms with Crippen LogP contribution in [0.15, 0.2) is 30.5 Å². The highest BCUT2D eigenvalue weighted by Crippen LogP contribution is 2.39. The molecule has 5 heteroatoms. The van der Waals surface area contributed by atoms with Gasteiger partial charge in [-0.3, -0.25) is 5.32 Å². The van der Waals surface area contributed by atoms with E-state index in [-0.39, 0.29) is 11.3 Å². The monoisotopic (exact) mass is 288 g/mol. The molecule has 112 valence electrons. The Bertz CT molecular complexity index is 585. The van der Waals surface area contributed by atoms with E-state index in [0.29, 0.717) is 5.56 Å². The molecule has 1 unspecified atom stereocenters. The van der Waals surface area contributed by atoms with Gasteiger partial charge < -0.3 is 15.1 Å². The molecule has 1 atom stereocenters. The van der Waals surface area contributed by atoms with Gasteiger partial charge in [-0.05, 0) is 44.5 Å². The quantitative estimate of drug-likeness (QED) is 0.778. The molecule has 0 radical (unpaired) electrons. The Hall–Kier alpha value is -2.01. The summed E-state index contributed by atoms with van der Waals surface area (Å²) in [5, 5.41) is 23.0. The summed E-state index contributed by atoms with van der Waals surface area (Å²) in [4.78, 5) is 13.8.